The molecule has 376 valence electrons. The van der Waals surface area contributed by atoms with E-state index in [4.69, 9.17) is 46.4 Å². The number of hydrogen-bond donors (Lipinski definition) is 5. The molecule has 18 heteroatoms. The Morgan fingerprint density at radius 1 is 0.708 bits per heavy atom. The van der Waals surface area contributed by atoms with Gasteiger partial charge < -0.3 is 31.3 Å². The quantitative estimate of drug-likeness (QED) is 0.0356. The number of benzene rings is 4. The third kappa shape index (κ3) is 15.9. The van der Waals surface area contributed by atoms with E-state index < -0.39 is 18.1 Å². The highest BCUT2D eigenvalue weighted by Gasteiger charge is 2.34. The molecular weight excluding hydrogens is 998 g/mol. The Kier molecular flexibility index (Phi) is 19.8. The van der Waals surface area contributed by atoms with Crippen LogP contribution in [0.5, 0.6) is 0 Å². The van der Waals surface area contributed by atoms with Crippen molar-refractivity contribution in [3.8, 4) is 0 Å². The van der Waals surface area contributed by atoms with Crippen LogP contribution in [0.3, 0.4) is 0 Å². The second-order valence-electron chi connectivity index (χ2n) is 17.8. The minimum absolute atomic E-state index is 0.00649. The molecule has 2 aliphatic heterocycles. The van der Waals surface area contributed by atoms with Crippen LogP contribution in [0.25, 0.3) is 12.2 Å². The number of ketones is 1. The molecule has 0 aliphatic carbocycles. The largest absolute Gasteiger partial charge is 0.390 e. The van der Waals surface area contributed by atoms with E-state index in [1.165, 1.54) is 23.5 Å². The minimum atomic E-state index is -0.922. The second kappa shape index (κ2) is 26.5. The number of β-amino-alcohol motifs (C(OH)–C–C–N with tert-alkyl or cyclic N) is 1. The summed E-state index contributed by atoms with van der Waals surface area (Å²) in [4.78, 5) is 79.4. The molecule has 0 spiro atoms. The maximum atomic E-state index is 14.5. The molecule has 4 aromatic carbocycles. The number of amides is 4. The van der Waals surface area contributed by atoms with Crippen molar-refractivity contribution >= 4 is 93.8 Å². The smallest absolute Gasteiger partial charge is 0.270 e. The first-order valence-electron chi connectivity index (χ1n) is 23.8. The summed E-state index contributed by atoms with van der Waals surface area (Å²) in [6, 6.07) is 28.2. The van der Waals surface area contributed by atoms with E-state index in [2.05, 4.69) is 48.3 Å². The number of carbonyl (C=O) groups excluding carboxylic acids is 5. The number of unbranched alkanes of at least 4 members (excludes halogenated alkanes) is 3. The van der Waals surface area contributed by atoms with Crippen LogP contribution in [-0.2, 0) is 38.6 Å². The van der Waals surface area contributed by atoms with Crippen LogP contribution in [-0.4, -0.2) is 112 Å². The minimum Gasteiger partial charge on any atom is -0.390 e. The van der Waals surface area contributed by atoms with Crippen LogP contribution in [0.1, 0.15) is 70.4 Å². The second-order valence-corrected chi connectivity index (χ2v) is 19.4. The van der Waals surface area contributed by atoms with Gasteiger partial charge in [-0.1, -0.05) is 126 Å². The maximum absolute atomic E-state index is 14.5. The van der Waals surface area contributed by atoms with E-state index >= 15 is 0 Å². The van der Waals surface area contributed by atoms with Gasteiger partial charge in [-0.25, -0.2) is 9.97 Å². The molecular formula is C54H56Cl4N8O6. The van der Waals surface area contributed by atoms with Crippen molar-refractivity contribution in [1.29, 1.82) is 0 Å². The van der Waals surface area contributed by atoms with E-state index in [9.17, 15) is 29.1 Å². The summed E-state index contributed by atoms with van der Waals surface area (Å²) in [5.74, 6) is -1.30. The maximum Gasteiger partial charge on any atom is 0.270 e. The number of aromatic nitrogens is 2. The molecule has 5 N–H and O–H groups in total. The number of Topliss-reactive ketones (excluding diaryl/α,β-unsaturated/α-hetero) is 1. The van der Waals surface area contributed by atoms with Crippen molar-refractivity contribution < 1.29 is 29.1 Å². The molecule has 5 aromatic rings. The number of rotatable bonds is 21. The Balaban J connectivity index is 0.852. The molecule has 3 heterocycles. The Bertz CT molecular complexity index is 2740. The number of piperidine rings is 1. The summed E-state index contributed by atoms with van der Waals surface area (Å²) < 4.78 is 0. The first-order valence-corrected chi connectivity index (χ1v) is 25.3. The molecule has 0 saturated carbocycles. The fraction of sp³-hybridized carbons (Fsp3) is 0.315. The zero-order chi connectivity index (χ0) is 51.0. The normalized spacial score (nSPS) is 15.7. The molecule has 2 unspecified atom stereocenters. The number of carbonyl (C=O) groups is 5. The molecule has 72 heavy (non-hydrogen) atoms. The summed E-state index contributed by atoms with van der Waals surface area (Å²) in [5, 5.41) is 23.5. The first-order chi connectivity index (χ1) is 34.8. The summed E-state index contributed by atoms with van der Waals surface area (Å²) >= 11 is 25.0. The van der Waals surface area contributed by atoms with Gasteiger partial charge in [-0.3, -0.25) is 28.9 Å². The van der Waals surface area contributed by atoms with Gasteiger partial charge in [-0.2, -0.15) is 0 Å². The fourth-order valence-corrected chi connectivity index (χ4v) is 9.13. The molecule has 4 amide bonds. The first kappa shape index (κ1) is 53.7. The van der Waals surface area contributed by atoms with Crippen LogP contribution < -0.4 is 21.3 Å². The summed E-state index contributed by atoms with van der Waals surface area (Å²) in [6.07, 6.45) is 7.90. The Morgan fingerprint density at radius 3 is 2.04 bits per heavy atom. The lowest BCUT2D eigenvalue weighted by atomic mass is 9.93. The van der Waals surface area contributed by atoms with E-state index in [1.54, 1.807) is 53.5 Å². The van der Waals surface area contributed by atoms with Crippen molar-refractivity contribution in [3.05, 3.63) is 168 Å². The number of nitrogens with one attached hydrogen (secondary N) is 4. The fourth-order valence-electron chi connectivity index (χ4n) is 8.52. The number of hydrogen-bond acceptors (Lipinski definition) is 10. The van der Waals surface area contributed by atoms with E-state index in [0.29, 0.717) is 80.5 Å². The molecule has 0 bridgehead atoms. The van der Waals surface area contributed by atoms with E-state index in [-0.39, 0.29) is 68.2 Å². The zero-order valence-corrected chi connectivity index (χ0v) is 42.5. The van der Waals surface area contributed by atoms with Gasteiger partial charge in [0.1, 0.15) is 23.9 Å². The SMILES string of the molecule is O=C(CNc1cc(C(=O)NCC(O)CN2CCc3ccccc3C2)ncn1)NCCCCCCC(=O)NC(Cc1ccccc1)C(=O)N1CC(=Cc2ccc(Cl)c(Cl)c2)C(=O)C(=Cc2ccc(Cl)c(Cl)c2)C1. The zero-order valence-electron chi connectivity index (χ0n) is 39.5. The van der Waals surface area contributed by atoms with Gasteiger partial charge in [0.25, 0.3) is 5.91 Å². The average molecular weight is 1050 g/mol. The average Bonchev–Trinajstić information content (AvgIpc) is 3.38. The van der Waals surface area contributed by atoms with Gasteiger partial charge in [0, 0.05) is 75.9 Å². The molecule has 1 aromatic heterocycles. The van der Waals surface area contributed by atoms with E-state index in [1.807, 2.05) is 42.5 Å². The Morgan fingerprint density at radius 2 is 1.36 bits per heavy atom. The van der Waals surface area contributed by atoms with Gasteiger partial charge in [-0.15, -0.1) is 0 Å². The van der Waals surface area contributed by atoms with Crippen LogP contribution in [0.2, 0.25) is 20.1 Å². The molecule has 7 rings (SSSR count). The number of halogens is 4. The highest BCUT2D eigenvalue weighted by atomic mass is 35.5. The van der Waals surface area contributed by atoms with Crippen LogP contribution in [0.15, 0.2) is 115 Å². The Labute approximate surface area is 439 Å². The van der Waals surface area contributed by atoms with Gasteiger partial charge >= 0.3 is 0 Å². The summed E-state index contributed by atoms with van der Waals surface area (Å²) in [5.41, 5.74) is 5.49. The van der Waals surface area contributed by atoms with Gasteiger partial charge in [-0.05, 0) is 83.5 Å². The highest BCUT2D eigenvalue weighted by molar-refractivity contribution is 6.42. The molecule has 1 fully saturated rings. The molecule has 1 saturated heterocycles. The van der Waals surface area contributed by atoms with Crippen LogP contribution in [0.4, 0.5) is 5.82 Å². The lowest BCUT2D eigenvalue weighted by Gasteiger charge is -2.33. The lowest BCUT2D eigenvalue weighted by Crippen LogP contribution is -2.52. The summed E-state index contributed by atoms with van der Waals surface area (Å²) in [7, 11) is 0. The third-order valence-corrected chi connectivity index (χ3v) is 13.7. The highest BCUT2D eigenvalue weighted by Crippen LogP contribution is 2.29. The standard InChI is InChI=1S/C54H56Cl4N8O6/c55-43-17-15-36(24-45(43)57)22-40-31-66(32-41(52(40)70)23-37-16-18-44(56)46(58)25-37)54(72)48(26-35-10-4-3-5-11-35)64-50(68)14-6-1-2-9-20-59-51(69)29-60-49-27-47(62-34-63-49)53(71)61-28-42(67)33-65-21-19-38-12-7-8-13-39(38)30-65/h3-5,7-8,10-13,15-18,22-25,27,34,42,48,67H,1-2,6,9,14,19-21,26,28-33H2,(H,59,69)(H,61,71)(H,64,68)(H,60,62,63). The van der Waals surface area contributed by atoms with Gasteiger partial charge in [0.05, 0.1) is 32.7 Å². The number of likely N-dealkylation sites (tertiary alicyclic amines) is 1. The van der Waals surface area contributed by atoms with Crippen molar-refractivity contribution in [3.63, 3.8) is 0 Å². The van der Waals surface area contributed by atoms with Crippen molar-refractivity contribution in [2.24, 2.45) is 0 Å². The molecule has 0 radical (unpaired) electrons. The molecule has 14 nitrogen and oxygen atoms in total. The number of anilines is 1. The number of fused-ring (bicyclic) bond motifs is 1. The van der Waals surface area contributed by atoms with E-state index in [0.717, 1.165) is 31.5 Å². The summed E-state index contributed by atoms with van der Waals surface area (Å²) in [6.45, 7) is 2.41. The molecule has 2 aliphatic rings. The van der Waals surface area contributed by atoms with Crippen molar-refractivity contribution in [2.75, 3.05) is 51.1 Å². The van der Waals surface area contributed by atoms with Crippen molar-refractivity contribution in [1.82, 2.24) is 35.7 Å². The predicted octanol–water partition coefficient (Wildman–Crippen LogP) is 8.02. The molecule has 2 atom stereocenters. The third-order valence-electron chi connectivity index (χ3n) is 12.3. The monoisotopic (exact) mass is 1050 g/mol. The van der Waals surface area contributed by atoms with Gasteiger partial charge in [0.2, 0.25) is 17.7 Å². The van der Waals surface area contributed by atoms with Crippen LogP contribution >= 0.6 is 46.4 Å². The van der Waals surface area contributed by atoms with Gasteiger partial charge in [0.15, 0.2) is 5.78 Å². The van der Waals surface area contributed by atoms with Crippen LogP contribution in [0, 0.1) is 0 Å². The number of nitrogens with zero attached hydrogens (tertiary/aromatic N) is 4. The van der Waals surface area contributed by atoms with Crippen molar-refractivity contribution in [2.45, 2.75) is 63.6 Å². The predicted molar refractivity (Wildman–Crippen MR) is 283 cm³/mol. The topological polar surface area (TPSA) is 186 Å². The Hall–Kier alpha value is -6.13. The number of aliphatic hydroxyl groups is 1. The lowest BCUT2D eigenvalue weighted by molar-refractivity contribution is -0.136. The number of aliphatic hydroxyl groups excluding tert-OH is 1.